The molecule has 1 aliphatic rings. The monoisotopic (exact) mass is 517 g/mol. The third-order valence-corrected chi connectivity index (χ3v) is 4.72. The topological polar surface area (TPSA) is 78.0 Å². The van der Waals surface area contributed by atoms with Gasteiger partial charge in [0, 0.05) is 45.3 Å². The van der Waals surface area contributed by atoms with Crippen molar-refractivity contribution in [2.45, 2.75) is 26.2 Å². The Morgan fingerprint density at radius 2 is 2.00 bits per heavy atom. The van der Waals surface area contributed by atoms with Crippen molar-refractivity contribution in [3.63, 3.8) is 0 Å². The average molecular weight is 517 g/mol. The third-order valence-electron chi connectivity index (χ3n) is 4.72. The Balaban J connectivity index is 0.00000420. The van der Waals surface area contributed by atoms with Gasteiger partial charge in [0.15, 0.2) is 5.96 Å². The van der Waals surface area contributed by atoms with Crippen molar-refractivity contribution in [2.24, 2.45) is 4.99 Å². The summed E-state index contributed by atoms with van der Waals surface area (Å²) in [7, 11) is 1.65. The number of hydrogen-bond donors (Lipinski definition) is 3. The molecule has 3 N–H and O–H groups in total. The number of guanidine groups is 1. The number of nitrogens with zero attached hydrogens (tertiary/aromatic N) is 2. The number of aliphatic imine (C=N–C) groups is 1. The molecule has 1 aromatic carbocycles. The van der Waals surface area contributed by atoms with Crippen LogP contribution in [0.5, 0.6) is 0 Å². The fourth-order valence-electron chi connectivity index (χ4n) is 3.14. The molecule has 0 aromatic heterocycles. The summed E-state index contributed by atoms with van der Waals surface area (Å²) in [6.07, 6.45) is 3.09. The van der Waals surface area contributed by atoms with Gasteiger partial charge in [-0.15, -0.1) is 24.0 Å². The summed E-state index contributed by atoms with van der Waals surface area (Å²) in [4.78, 5) is 18.9. The van der Waals surface area contributed by atoms with E-state index in [-0.39, 0.29) is 29.9 Å². The highest BCUT2D eigenvalue weighted by Crippen LogP contribution is 2.06. The first kappa shape index (κ1) is 25.6. The third kappa shape index (κ3) is 10.3. The van der Waals surface area contributed by atoms with Gasteiger partial charge in [0.25, 0.3) is 5.91 Å². The number of ether oxygens (including phenoxy) is 1. The minimum absolute atomic E-state index is 0. The molecule has 0 atom stereocenters. The average Bonchev–Trinajstić information content (AvgIpc) is 2.74. The standard InChI is InChI=1S/C21H35N5O2.HI/c1-3-23-21(24-10-4-5-12-26-13-15-28-16-14-26)25-11-9-18-7-6-8-19(17-18)20(27)22-2;/h6-8,17H,3-5,9-16H2,1-2H3,(H,22,27)(H2,23,24,25);1H. The van der Waals surface area contributed by atoms with Crippen molar-refractivity contribution in [1.29, 1.82) is 0 Å². The molecule has 0 bridgehead atoms. The first-order valence-corrected chi connectivity index (χ1v) is 10.4. The summed E-state index contributed by atoms with van der Waals surface area (Å²) in [6.45, 7) is 9.46. The molecule has 0 unspecified atom stereocenters. The van der Waals surface area contributed by atoms with E-state index in [2.05, 4.69) is 32.8 Å². The Morgan fingerprint density at radius 1 is 1.21 bits per heavy atom. The summed E-state index contributed by atoms with van der Waals surface area (Å²) in [5.74, 6) is 0.804. The molecule has 0 radical (unpaired) electrons. The maximum Gasteiger partial charge on any atom is 0.251 e. The second kappa shape index (κ2) is 15.4. The number of rotatable bonds is 10. The Kier molecular flexibility index (Phi) is 13.7. The van der Waals surface area contributed by atoms with Gasteiger partial charge in [0.2, 0.25) is 0 Å². The lowest BCUT2D eigenvalue weighted by Gasteiger charge is -2.26. The van der Waals surface area contributed by atoms with Crippen molar-refractivity contribution in [1.82, 2.24) is 20.9 Å². The molecule has 1 aromatic rings. The Labute approximate surface area is 192 Å². The van der Waals surface area contributed by atoms with Gasteiger partial charge in [-0.2, -0.15) is 0 Å². The van der Waals surface area contributed by atoms with E-state index >= 15 is 0 Å². The lowest BCUT2D eigenvalue weighted by molar-refractivity contribution is 0.0373. The normalized spacial score (nSPS) is 14.8. The van der Waals surface area contributed by atoms with Crippen molar-refractivity contribution in [3.05, 3.63) is 35.4 Å². The van der Waals surface area contributed by atoms with Crippen LogP contribution in [0.4, 0.5) is 0 Å². The quantitative estimate of drug-likeness (QED) is 0.191. The highest BCUT2D eigenvalue weighted by molar-refractivity contribution is 14.0. The number of carbonyl (C=O) groups is 1. The number of amides is 1. The van der Waals surface area contributed by atoms with Gasteiger partial charge in [-0.05, 0) is 50.4 Å². The number of morpholine rings is 1. The van der Waals surface area contributed by atoms with Crippen LogP contribution in [0, 0.1) is 0 Å². The summed E-state index contributed by atoms with van der Waals surface area (Å²) in [6, 6.07) is 7.74. The first-order valence-electron chi connectivity index (χ1n) is 10.4. The van der Waals surface area contributed by atoms with Gasteiger partial charge in [-0.3, -0.25) is 14.7 Å². The van der Waals surface area contributed by atoms with Crippen LogP contribution < -0.4 is 16.0 Å². The predicted molar refractivity (Wildman–Crippen MR) is 129 cm³/mol. The number of carbonyl (C=O) groups excluding carboxylic acids is 1. The molecule has 29 heavy (non-hydrogen) atoms. The number of halogens is 1. The van der Waals surface area contributed by atoms with Crippen LogP contribution in [-0.4, -0.2) is 76.3 Å². The van der Waals surface area contributed by atoms with E-state index in [4.69, 9.17) is 4.74 Å². The fraction of sp³-hybridized carbons (Fsp3) is 0.619. The lowest BCUT2D eigenvalue weighted by Crippen LogP contribution is -2.38. The molecule has 7 nitrogen and oxygen atoms in total. The minimum Gasteiger partial charge on any atom is -0.379 e. The highest BCUT2D eigenvalue weighted by Gasteiger charge is 2.09. The maximum atomic E-state index is 11.7. The molecule has 1 fully saturated rings. The smallest absolute Gasteiger partial charge is 0.251 e. The second-order valence-corrected chi connectivity index (χ2v) is 6.88. The van der Waals surface area contributed by atoms with Crippen LogP contribution >= 0.6 is 24.0 Å². The van der Waals surface area contributed by atoms with E-state index in [0.717, 1.165) is 83.3 Å². The van der Waals surface area contributed by atoms with Crippen molar-refractivity contribution in [3.8, 4) is 0 Å². The zero-order valence-electron chi connectivity index (χ0n) is 17.7. The fourth-order valence-corrected chi connectivity index (χ4v) is 3.14. The number of hydrogen-bond acceptors (Lipinski definition) is 4. The van der Waals surface area contributed by atoms with Crippen molar-refractivity contribution >= 4 is 35.8 Å². The van der Waals surface area contributed by atoms with Gasteiger partial charge < -0.3 is 20.7 Å². The van der Waals surface area contributed by atoms with Crippen molar-refractivity contribution < 1.29 is 9.53 Å². The molecule has 2 rings (SSSR count). The lowest BCUT2D eigenvalue weighted by atomic mass is 10.1. The van der Waals surface area contributed by atoms with Crippen LogP contribution in [0.1, 0.15) is 35.7 Å². The molecule has 1 saturated heterocycles. The van der Waals surface area contributed by atoms with E-state index < -0.39 is 0 Å². The van der Waals surface area contributed by atoms with Crippen LogP contribution in [-0.2, 0) is 11.2 Å². The highest BCUT2D eigenvalue weighted by atomic mass is 127. The molecule has 164 valence electrons. The van der Waals surface area contributed by atoms with Gasteiger partial charge in [-0.25, -0.2) is 0 Å². The summed E-state index contributed by atoms with van der Waals surface area (Å²) in [5.41, 5.74) is 1.83. The first-order chi connectivity index (χ1) is 13.7. The molecule has 8 heteroatoms. The van der Waals surface area contributed by atoms with Crippen molar-refractivity contribution in [2.75, 3.05) is 59.5 Å². The van der Waals surface area contributed by atoms with Gasteiger partial charge in [0.05, 0.1) is 13.2 Å². The largest absolute Gasteiger partial charge is 0.379 e. The molecular formula is C21H36IN5O2. The van der Waals surface area contributed by atoms with E-state index in [1.54, 1.807) is 7.05 Å². The molecule has 1 amide bonds. The van der Waals surface area contributed by atoms with Crippen LogP contribution in [0.15, 0.2) is 29.3 Å². The van der Waals surface area contributed by atoms with Gasteiger partial charge in [-0.1, -0.05) is 12.1 Å². The summed E-state index contributed by atoms with van der Waals surface area (Å²) < 4.78 is 5.38. The zero-order valence-corrected chi connectivity index (χ0v) is 20.0. The zero-order chi connectivity index (χ0) is 20.0. The van der Waals surface area contributed by atoms with E-state index in [0.29, 0.717) is 5.56 Å². The Morgan fingerprint density at radius 3 is 2.72 bits per heavy atom. The molecule has 0 aliphatic carbocycles. The second-order valence-electron chi connectivity index (χ2n) is 6.88. The van der Waals surface area contributed by atoms with E-state index in [1.165, 1.54) is 0 Å². The van der Waals surface area contributed by atoms with E-state index in [1.807, 2.05) is 24.3 Å². The SMILES string of the molecule is CCNC(=NCCCCN1CCOCC1)NCCc1cccc(C(=O)NC)c1.I. The summed E-state index contributed by atoms with van der Waals surface area (Å²) in [5, 5.41) is 9.34. The molecule has 1 aliphatic heterocycles. The van der Waals surface area contributed by atoms with Gasteiger partial charge in [0.1, 0.15) is 0 Å². The molecule has 0 saturated carbocycles. The predicted octanol–water partition coefficient (Wildman–Crippen LogP) is 1.87. The maximum absolute atomic E-state index is 11.7. The Hall–Kier alpha value is -1.39. The van der Waals surface area contributed by atoms with E-state index in [9.17, 15) is 4.79 Å². The number of nitrogens with one attached hydrogen (secondary N) is 3. The van der Waals surface area contributed by atoms with Crippen LogP contribution in [0.3, 0.4) is 0 Å². The Bertz CT molecular complexity index is 621. The summed E-state index contributed by atoms with van der Waals surface area (Å²) >= 11 is 0. The van der Waals surface area contributed by atoms with Crippen LogP contribution in [0.25, 0.3) is 0 Å². The molecular weight excluding hydrogens is 481 g/mol. The van der Waals surface area contributed by atoms with Gasteiger partial charge >= 0.3 is 0 Å². The van der Waals surface area contributed by atoms with Crippen LogP contribution in [0.2, 0.25) is 0 Å². The number of benzene rings is 1. The molecule has 0 spiro atoms. The minimum atomic E-state index is -0.0539. The number of unbranched alkanes of at least 4 members (excludes halogenated alkanes) is 1. The molecule has 1 heterocycles.